The van der Waals surface area contributed by atoms with Crippen LogP contribution in [0.2, 0.25) is 0 Å². The third kappa shape index (κ3) is 4.59. The van der Waals surface area contributed by atoms with E-state index in [1.807, 2.05) is 16.7 Å². The molecule has 130 valence electrons. The zero-order valence-corrected chi connectivity index (χ0v) is 13.9. The maximum absolute atomic E-state index is 12.5. The molecule has 0 aliphatic carbocycles. The number of amides is 3. The lowest BCUT2D eigenvalue weighted by molar-refractivity contribution is -0.147. The van der Waals surface area contributed by atoms with Gasteiger partial charge in [-0.2, -0.15) is 0 Å². The lowest BCUT2D eigenvalue weighted by Crippen LogP contribution is -2.49. The number of carboxylic acid groups (broad SMARTS) is 1. The molecule has 2 aliphatic rings. The van der Waals surface area contributed by atoms with E-state index < -0.39 is 5.97 Å². The molecule has 0 aromatic rings. The summed E-state index contributed by atoms with van der Waals surface area (Å²) in [7, 11) is 0. The zero-order valence-electron chi connectivity index (χ0n) is 13.9. The van der Waals surface area contributed by atoms with Crippen molar-refractivity contribution >= 4 is 17.9 Å². The van der Waals surface area contributed by atoms with Gasteiger partial charge in [0.15, 0.2) is 0 Å². The van der Waals surface area contributed by atoms with E-state index in [1.165, 1.54) is 4.90 Å². The van der Waals surface area contributed by atoms with Crippen LogP contribution in [0.1, 0.15) is 39.0 Å². The Labute approximate surface area is 137 Å². The van der Waals surface area contributed by atoms with Gasteiger partial charge in [-0.05, 0) is 32.1 Å². The molecule has 0 radical (unpaired) electrons. The number of carbonyl (C=O) groups is 3. The molecule has 0 atom stereocenters. The number of carboxylic acids is 1. The summed E-state index contributed by atoms with van der Waals surface area (Å²) in [5, 5.41) is 8.94. The molecule has 0 aromatic carbocycles. The van der Waals surface area contributed by atoms with E-state index in [2.05, 4.69) is 0 Å². The van der Waals surface area contributed by atoms with Crippen molar-refractivity contribution in [3.05, 3.63) is 0 Å². The van der Waals surface area contributed by atoms with Crippen LogP contribution >= 0.6 is 0 Å². The predicted molar refractivity (Wildman–Crippen MR) is 85.0 cm³/mol. The van der Waals surface area contributed by atoms with E-state index in [9.17, 15) is 14.4 Å². The van der Waals surface area contributed by atoms with Crippen LogP contribution < -0.4 is 0 Å². The molecule has 23 heavy (non-hydrogen) atoms. The second kappa shape index (κ2) is 8.17. The van der Waals surface area contributed by atoms with Crippen molar-refractivity contribution in [2.75, 3.05) is 39.3 Å². The molecule has 0 bridgehead atoms. The van der Waals surface area contributed by atoms with Gasteiger partial charge in [-0.1, -0.05) is 6.92 Å². The molecule has 0 spiro atoms. The minimum atomic E-state index is -0.978. The highest BCUT2D eigenvalue weighted by Crippen LogP contribution is 2.22. The van der Waals surface area contributed by atoms with Gasteiger partial charge in [-0.3, -0.25) is 9.59 Å². The first-order valence-corrected chi connectivity index (χ1v) is 8.57. The molecule has 0 unspecified atom stereocenters. The summed E-state index contributed by atoms with van der Waals surface area (Å²) in [6.07, 6.45) is 4.13. The van der Waals surface area contributed by atoms with E-state index >= 15 is 0 Å². The Morgan fingerprint density at radius 3 is 2.13 bits per heavy atom. The number of aliphatic carboxylic acids is 1. The topological polar surface area (TPSA) is 81.2 Å². The number of urea groups is 1. The van der Waals surface area contributed by atoms with Crippen LogP contribution in [0.5, 0.6) is 0 Å². The van der Waals surface area contributed by atoms with Crippen molar-refractivity contribution in [1.82, 2.24) is 14.7 Å². The van der Waals surface area contributed by atoms with Crippen molar-refractivity contribution in [1.29, 1.82) is 0 Å². The summed E-state index contributed by atoms with van der Waals surface area (Å²) in [5.41, 5.74) is 0. The van der Waals surface area contributed by atoms with Crippen LogP contribution in [0.3, 0.4) is 0 Å². The van der Waals surface area contributed by atoms with Gasteiger partial charge in [0.05, 0.1) is 0 Å². The van der Waals surface area contributed by atoms with Crippen molar-refractivity contribution in [2.45, 2.75) is 39.0 Å². The Morgan fingerprint density at radius 2 is 1.61 bits per heavy atom. The summed E-state index contributed by atoms with van der Waals surface area (Å²) in [4.78, 5) is 40.9. The molecule has 0 aromatic heterocycles. The van der Waals surface area contributed by atoms with Crippen LogP contribution in [0.25, 0.3) is 0 Å². The van der Waals surface area contributed by atoms with Crippen molar-refractivity contribution < 1.29 is 19.5 Å². The summed E-state index contributed by atoms with van der Waals surface area (Å²) in [5.74, 6) is -1.22. The molecule has 0 saturated carbocycles. The van der Waals surface area contributed by atoms with E-state index in [4.69, 9.17) is 5.11 Å². The maximum atomic E-state index is 12.5. The number of piperidine rings is 1. The lowest BCUT2D eigenvalue weighted by atomic mass is 9.95. The van der Waals surface area contributed by atoms with Gasteiger partial charge in [0, 0.05) is 38.6 Å². The second-order valence-corrected chi connectivity index (χ2v) is 6.39. The third-order valence-electron chi connectivity index (χ3n) is 4.62. The highest BCUT2D eigenvalue weighted by atomic mass is 16.4. The van der Waals surface area contributed by atoms with Crippen LogP contribution in [-0.2, 0) is 9.59 Å². The van der Waals surface area contributed by atoms with Crippen molar-refractivity contribution in [2.24, 2.45) is 5.92 Å². The van der Waals surface area contributed by atoms with Crippen LogP contribution in [0.15, 0.2) is 0 Å². The molecular weight excluding hydrogens is 298 g/mol. The van der Waals surface area contributed by atoms with Crippen molar-refractivity contribution in [3.63, 3.8) is 0 Å². The van der Waals surface area contributed by atoms with Crippen LogP contribution in [-0.4, -0.2) is 77.0 Å². The summed E-state index contributed by atoms with van der Waals surface area (Å²) >= 11 is 0. The van der Waals surface area contributed by atoms with Crippen molar-refractivity contribution in [3.8, 4) is 0 Å². The van der Waals surface area contributed by atoms with Gasteiger partial charge in [0.25, 0.3) is 0 Å². The average Bonchev–Trinajstić information content (AvgIpc) is 3.07. The molecular formula is C16H27N3O4. The Balaban J connectivity index is 1.85. The highest BCUT2D eigenvalue weighted by molar-refractivity contribution is 5.83. The summed E-state index contributed by atoms with van der Waals surface area (Å²) in [6, 6.07) is 0.0874. The maximum Gasteiger partial charge on any atom is 0.323 e. The van der Waals surface area contributed by atoms with E-state index in [0.717, 1.165) is 32.4 Å². The van der Waals surface area contributed by atoms with Gasteiger partial charge < -0.3 is 19.8 Å². The van der Waals surface area contributed by atoms with Gasteiger partial charge in [-0.25, -0.2) is 4.79 Å². The number of carbonyl (C=O) groups excluding carboxylic acids is 2. The van der Waals surface area contributed by atoms with E-state index in [-0.39, 0.29) is 24.4 Å². The summed E-state index contributed by atoms with van der Waals surface area (Å²) in [6.45, 7) is 5.00. The number of hydrogen-bond acceptors (Lipinski definition) is 3. The fourth-order valence-corrected chi connectivity index (χ4v) is 3.38. The second-order valence-electron chi connectivity index (χ2n) is 6.39. The molecule has 7 heteroatoms. The molecule has 3 amide bonds. The molecule has 7 nitrogen and oxygen atoms in total. The minimum Gasteiger partial charge on any atom is -0.480 e. The van der Waals surface area contributed by atoms with Gasteiger partial charge >= 0.3 is 12.0 Å². The smallest absolute Gasteiger partial charge is 0.323 e. The number of hydrogen-bond donors (Lipinski definition) is 1. The fourth-order valence-electron chi connectivity index (χ4n) is 3.38. The Kier molecular flexibility index (Phi) is 6.24. The average molecular weight is 325 g/mol. The SMILES string of the molecule is CCCN(CC(=O)O)C(=O)C1CCN(C(=O)N2CCCC2)CC1. The fraction of sp³-hybridized carbons (Fsp3) is 0.812. The molecule has 1 N–H and O–H groups in total. The largest absolute Gasteiger partial charge is 0.480 e. The Hall–Kier alpha value is -1.79. The Bertz CT molecular complexity index is 441. The quantitative estimate of drug-likeness (QED) is 0.824. The first-order valence-electron chi connectivity index (χ1n) is 8.57. The Morgan fingerprint density at radius 1 is 1.04 bits per heavy atom. The first-order chi connectivity index (χ1) is 11.0. The third-order valence-corrected chi connectivity index (χ3v) is 4.62. The van der Waals surface area contributed by atoms with Gasteiger partial charge in [0.2, 0.25) is 5.91 Å². The van der Waals surface area contributed by atoms with Crippen LogP contribution in [0.4, 0.5) is 4.79 Å². The number of likely N-dealkylation sites (tertiary alicyclic amines) is 2. The standard InChI is InChI=1S/C16H27N3O4/c1-2-7-19(12-14(20)21)15(22)13-5-10-18(11-6-13)16(23)17-8-3-4-9-17/h13H,2-12H2,1H3,(H,20,21). The van der Waals surface area contributed by atoms with Gasteiger partial charge in [-0.15, -0.1) is 0 Å². The number of nitrogens with zero attached hydrogens (tertiary/aromatic N) is 3. The van der Waals surface area contributed by atoms with Crippen LogP contribution in [0, 0.1) is 5.92 Å². The minimum absolute atomic E-state index is 0.0810. The number of rotatable bonds is 5. The zero-order chi connectivity index (χ0) is 16.8. The first kappa shape index (κ1) is 17.6. The molecule has 2 saturated heterocycles. The molecule has 2 fully saturated rings. The normalized spacial score (nSPS) is 19.0. The van der Waals surface area contributed by atoms with E-state index in [0.29, 0.717) is 32.5 Å². The molecule has 2 aliphatic heterocycles. The van der Waals surface area contributed by atoms with E-state index in [1.54, 1.807) is 0 Å². The highest BCUT2D eigenvalue weighted by Gasteiger charge is 2.32. The van der Waals surface area contributed by atoms with Gasteiger partial charge in [0.1, 0.15) is 6.54 Å². The monoisotopic (exact) mass is 325 g/mol. The predicted octanol–water partition coefficient (Wildman–Crippen LogP) is 1.24. The molecule has 2 rings (SSSR count). The summed E-state index contributed by atoms with van der Waals surface area (Å²) < 4.78 is 0. The lowest BCUT2D eigenvalue weighted by Gasteiger charge is -2.35. The molecule has 2 heterocycles.